The zero-order valence-corrected chi connectivity index (χ0v) is 9.42. The Bertz CT molecular complexity index is 287. The van der Waals surface area contributed by atoms with Crippen molar-refractivity contribution in [1.82, 2.24) is 0 Å². The minimum absolute atomic E-state index is 0.872. The summed E-state index contributed by atoms with van der Waals surface area (Å²) < 4.78 is 5.03. The summed E-state index contributed by atoms with van der Waals surface area (Å²) in [4.78, 5) is 0. The van der Waals surface area contributed by atoms with Gasteiger partial charge >= 0.3 is 0 Å². The van der Waals surface area contributed by atoms with Gasteiger partial charge in [-0.1, -0.05) is 32.6 Å². The Morgan fingerprint density at radius 2 is 1.71 bits per heavy atom. The van der Waals surface area contributed by atoms with Crippen molar-refractivity contribution in [3.63, 3.8) is 0 Å². The van der Waals surface area contributed by atoms with Crippen LogP contribution in [0.25, 0.3) is 0 Å². The Morgan fingerprint density at radius 1 is 1.14 bits per heavy atom. The smallest absolute Gasteiger partial charge is 0.118 e. The lowest BCUT2D eigenvalue weighted by molar-refractivity contribution is 0.415. The molecule has 0 N–H and O–H groups in total. The Morgan fingerprint density at radius 3 is 2.14 bits per heavy atom. The molecule has 0 radical (unpaired) electrons. The molecule has 1 rings (SSSR count). The van der Waals surface area contributed by atoms with Crippen molar-refractivity contribution >= 4 is 0 Å². The number of ether oxygens (including phenoxy) is 1. The van der Waals surface area contributed by atoms with E-state index in [-0.39, 0.29) is 0 Å². The molecule has 0 amide bonds. The molecule has 0 aliphatic rings. The minimum atomic E-state index is 0.872. The van der Waals surface area contributed by atoms with Crippen LogP contribution in [-0.2, 0) is 0 Å². The van der Waals surface area contributed by atoms with E-state index in [2.05, 4.69) is 11.8 Å². The molecule has 0 aromatic heterocycles. The van der Waals surface area contributed by atoms with Gasteiger partial charge < -0.3 is 4.74 Å². The van der Waals surface area contributed by atoms with Gasteiger partial charge in [0.2, 0.25) is 0 Å². The summed E-state index contributed by atoms with van der Waals surface area (Å²) in [5, 5.41) is 0. The van der Waals surface area contributed by atoms with Crippen LogP contribution in [-0.4, -0.2) is 7.11 Å². The van der Waals surface area contributed by atoms with E-state index < -0.39 is 0 Å². The van der Waals surface area contributed by atoms with Crippen LogP contribution in [0.2, 0.25) is 0 Å². The SMILES string of the molecule is CC.CCC#Cc1ccc(OC)cc1. The van der Waals surface area contributed by atoms with E-state index in [1.807, 2.05) is 45.0 Å². The second-order valence-corrected chi connectivity index (χ2v) is 2.38. The molecule has 0 heterocycles. The summed E-state index contributed by atoms with van der Waals surface area (Å²) in [5.41, 5.74) is 1.04. The average molecular weight is 190 g/mol. The second-order valence-electron chi connectivity index (χ2n) is 2.38. The van der Waals surface area contributed by atoms with Gasteiger partial charge in [-0.05, 0) is 24.3 Å². The Hall–Kier alpha value is -1.42. The average Bonchev–Trinajstić information content (AvgIpc) is 2.30. The van der Waals surface area contributed by atoms with Gasteiger partial charge in [-0.2, -0.15) is 0 Å². The fraction of sp³-hybridized carbons (Fsp3) is 0.385. The van der Waals surface area contributed by atoms with Crippen molar-refractivity contribution < 1.29 is 4.74 Å². The zero-order chi connectivity index (χ0) is 10.8. The quantitative estimate of drug-likeness (QED) is 0.616. The van der Waals surface area contributed by atoms with Crippen molar-refractivity contribution in [2.45, 2.75) is 27.2 Å². The van der Waals surface area contributed by atoms with Crippen molar-refractivity contribution in [3.05, 3.63) is 29.8 Å². The highest BCUT2D eigenvalue weighted by molar-refractivity contribution is 5.38. The number of benzene rings is 1. The number of hydrogen-bond acceptors (Lipinski definition) is 1. The fourth-order valence-corrected chi connectivity index (χ4v) is 0.865. The van der Waals surface area contributed by atoms with Crippen LogP contribution in [0, 0.1) is 11.8 Å². The molecule has 0 fully saturated rings. The molecule has 1 aromatic rings. The molecule has 0 saturated heterocycles. The Kier molecular flexibility index (Phi) is 7.36. The van der Waals surface area contributed by atoms with Crippen LogP contribution >= 0.6 is 0 Å². The van der Waals surface area contributed by atoms with Gasteiger partial charge in [0.15, 0.2) is 0 Å². The number of hydrogen-bond donors (Lipinski definition) is 0. The van der Waals surface area contributed by atoms with Crippen molar-refractivity contribution in [2.24, 2.45) is 0 Å². The maximum absolute atomic E-state index is 5.03. The molecule has 1 aromatic carbocycles. The van der Waals surface area contributed by atoms with Crippen LogP contribution < -0.4 is 4.74 Å². The van der Waals surface area contributed by atoms with Crippen LogP contribution in [0.15, 0.2) is 24.3 Å². The maximum atomic E-state index is 5.03. The molecule has 14 heavy (non-hydrogen) atoms. The Labute approximate surface area is 87.1 Å². The third-order valence-electron chi connectivity index (χ3n) is 1.50. The maximum Gasteiger partial charge on any atom is 0.118 e. The lowest BCUT2D eigenvalue weighted by Gasteiger charge is -1.97. The molecule has 0 aliphatic carbocycles. The fourth-order valence-electron chi connectivity index (χ4n) is 0.865. The zero-order valence-electron chi connectivity index (χ0n) is 9.42. The molecule has 0 saturated carbocycles. The lowest BCUT2D eigenvalue weighted by atomic mass is 10.2. The minimum Gasteiger partial charge on any atom is -0.497 e. The number of methoxy groups -OCH3 is 1. The van der Waals surface area contributed by atoms with E-state index in [4.69, 9.17) is 4.74 Å². The number of rotatable bonds is 1. The Balaban J connectivity index is 0.000000791. The first kappa shape index (κ1) is 12.6. The summed E-state index contributed by atoms with van der Waals surface area (Å²) in [6, 6.07) is 7.75. The van der Waals surface area contributed by atoms with Crippen molar-refractivity contribution in [3.8, 4) is 17.6 Å². The normalized spacial score (nSPS) is 7.71. The molecular weight excluding hydrogens is 172 g/mol. The van der Waals surface area contributed by atoms with Gasteiger partial charge in [-0.25, -0.2) is 0 Å². The van der Waals surface area contributed by atoms with Gasteiger partial charge in [0.25, 0.3) is 0 Å². The molecule has 0 aliphatic heterocycles. The van der Waals surface area contributed by atoms with Gasteiger partial charge in [-0.3, -0.25) is 0 Å². The summed E-state index contributed by atoms with van der Waals surface area (Å²) in [6.07, 6.45) is 0.895. The molecule has 0 bridgehead atoms. The van der Waals surface area contributed by atoms with E-state index in [1.54, 1.807) is 7.11 Å². The first-order chi connectivity index (χ1) is 6.86. The third-order valence-corrected chi connectivity index (χ3v) is 1.50. The van der Waals surface area contributed by atoms with Crippen LogP contribution in [0.5, 0.6) is 5.75 Å². The van der Waals surface area contributed by atoms with E-state index in [0.29, 0.717) is 0 Å². The first-order valence-electron chi connectivity index (χ1n) is 4.99. The van der Waals surface area contributed by atoms with Crippen molar-refractivity contribution in [2.75, 3.05) is 7.11 Å². The first-order valence-corrected chi connectivity index (χ1v) is 4.99. The van der Waals surface area contributed by atoms with Crippen LogP contribution in [0.3, 0.4) is 0 Å². The monoisotopic (exact) mass is 190 g/mol. The molecule has 1 heteroatoms. The van der Waals surface area contributed by atoms with Crippen LogP contribution in [0.4, 0.5) is 0 Å². The highest BCUT2D eigenvalue weighted by atomic mass is 16.5. The van der Waals surface area contributed by atoms with Gasteiger partial charge in [0.1, 0.15) is 5.75 Å². The largest absolute Gasteiger partial charge is 0.497 e. The summed E-state index contributed by atoms with van der Waals surface area (Å²) in [7, 11) is 1.66. The summed E-state index contributed by atoms with van der Waals surface area (Å²) in [6.45, 7) is 6.04. The summed E-state index contributed by atoms with van der Waals surface area (Å²) >= 11 is 0. The van der Waals surface area contributed by atoms with Crippen LogP contribution in [0.1, 0.15) is 32.8 Å². The topological polar surface area (TPSA) is 9.23 Å². The standard InChI is InChI=1S/C11H12O.C2H6/c1-3-4-5-10-6-8-11(12-2)9-7-10;1-2/h6-9H,3H2,1-2H3;1-2H3. The highest BCUT2D eigenvalue weighted by Gasteiger charge is 1.88. The van der Waals surface area contributed by atoms with E-state index >= 15 is 0 Å². The van der Waals surface area contributed by atoms with E-state index in [1.165, 1.54) is 0 Å². The molecule has 76 valence electrons. The predicted molar refractivity (Wildman–Crippen MR) is 61.5 cm³/mol. The lowest BCUT2D eigenvalue weighted by Crippen LogP contribution is -1.81. The third kappa shape index (κ3) is 4.57. The highest BCUT2D eigenvalue weighted by Crippen LogP contribution is 2.09. The van der Waals surface area contributed by atoms with Gasteiger partial charge in [0, 0.05) is 12.0 Å². The molecule has 0 unspecified atom stereocenters. The summed E-state index contributed by atoms with van der Waals surface area (Å²) in [5.74, 6) is 6.92. The van der Waals surface area contributed by atoms with Gasteiger partial charge in [-0.15, -0.1) is 0 Å². The predicted octanol–water partition coefficient (Wildman–Crippen LogP) is 3.48. The second kappa shape index (κ2) is 8.19. The molecular formula is C13H18O. The van der Waals surface area contributed by atoms with Crippen molar-refractivity contribution in [1.29, 1.82) is 0 Å². The van der Waals surface area contributed by atoms with Gasteiger partial charge in [0.05, 0.1) is 7.11 Å². The molecule has 1 nitrogen and oxygen atoms in total. The van der Waals surface area contributed by atoms with E-state index in [0.717, 1.165) is 17.7 Å². The molecule has 0 spiro atoms. The molecule has 0 atom stereocenters. The van der Waals surface area contributed by atoms with E-state index in [9.17, 15) is 0 Å².